The van der Waals surface area contributed by atoms with Crippen molar-refractivity contribution in [2.45, 2.75) is 43.4 Å². The summed E-state index contributed by atoms with van der Waals surface area (Å²) in [4.78, 5) is 2.62. The van der Waals surface area contributed by atoms with Crippen LogP contribution < -0.4 is 0 Å². The maximum Gasteiger partial charge on any atom is 0.134 e. The van der Waals surface area contributed by atoms with Gasteiger partial charge in [-0.2, -0.15) is 0 Å². The summed E-state index contributed by atoms with van der Waals surface area (Å²) in [6.45, 7) is 1.05. The summed E-state index contributed by atoms with van der Waals surface area (Å²) >= 11 is 0. The molecular formula is C27H29NO. The second-order valence-corrected chi connectivity index (χ2v) is 8.60. The first-order valence-electron chi connectivity index (χ1n) is 10.9. The van der Waals surface area contributed by atoms with Crippen LogP contribution in [0.1, 0.15) is 48.4 Å². The number of fused-ring (bicyclic) bond motifs is 1. The third-order valence-corrected chi connectivity index (χ3v) is 7.07. The first kappa shape index (κ1) is 18.6. The van der Waals surface area contributed by atoms with E-state index < -0.39 is 5.60 Å². The van der Waals surface area contributed by atoms with Crippen molar-refractivity contribution in [3.8, 4) is 0 Å². The lowest BCUT2D eigenvalue weighted by molar-refractivity contribution is -0.0300. The Morgan fingerprint density at radius 1 is 0.724 bits per heavy atom. The molecule has 2 nitrogen and oxygen atoms in total. The van der Waals surface area contributed by atoms with E-state index in [1.165, 1.54) is 31.2 Å². The first-order chi connectivity index (χ1) is 14.3. The number of nitrogens with zero attached hydrogens (tertiary/aromatic N) is 1. The van der Waals surface area contributed by atoms with Crippen molar-refractivity contribution in [2.24, 2.45) is 5.92 Å². The number of aliphatic hydroxyl groups is 1. The van der Waals surface area contributed by atoms with E-state index in [4.69, 9.17) is 0 Å². The van der Waals surface area contributed by atoms with Crippen LogP contribution in [0.15, 0.2) is 91.0 Å². The molecule has 0 unspecified atom stereocenters. The smallest absolute Gasteiger partial charge is 0.134 e. The van der Waals surface area contributed by atoms with Crippen molar-refractivity contribution in [3.05, 3.63) is 108 Å². The standard InChI is InChI=1S/C27H29NO/c29-27(23-14-6-2-7-15-23,24-16-8-3-9-17-24)26(22-11-4-1-5-12-22)28-20-19-21-13-10-18-25(21)28/h1-9,11-12,14-17,21,25-26,29H,10,13,18-20H2/t21-,25-,26-/m1/s1. The third kappa shape index (κ3) is 3.21. The van der Waals surface area contributed by atoms with E-state index in [2.05, 4.69) is 59.5 Å². The maximum absolute atomic E-state index is 12.6. The summed E-state index contributed by atoms with van der Waals surface area (Å²) in [5, 5.41) is 12.6. The predicted octanol–water partition coefficient (Wildman–Crippen LogP) is 5.54. The van der Waals surface area contributed by atoms with Gasteiger partial charge in [0.15, 0.2) is 0 Å². The van der Waals surface area contributed by atoms with E-state index in [-0.39, 0.29) is 6.04 Å². The molecular weight excluding hydrogens is 354 g/mol. The van der Waals surface area contributed by atoms with Gasteiger partial charge in [-0.25, -0.2) is 0 Å². The molecule has 1 heterocycles. The van der Waals surface area contributed by atoms with Crippen LogP contribution in [0, 0.1) is 5.92 Å². The molecule has 2 heteroatoms. The number of rotatable bonds is 5. The topological polar surface area (TPSA) is 23.5 Å². The van der Waals surface area contributed by atoms with Crippen LogP contribution in [0.4, 0.5) is 0 Å². The molecule has 3 aromatic carbocycles. The van der Waals surface area contributed by atoms with Crippen LogP contribution in [0.3, 0.4) is 0 Å². The lowest BCUT2D eigenvalue weighted by Gasteiger charge is -2.45. The Kier molecular flexibility index (Phi) is 4.99. The maximum atomic E-state index is 12.6. The van der Waals surface area contributed by atoms with Gasteiger partial charge in [0, 0.05) is 6.04 Å². The molecule has 0 radical (unpaired) electrons. The van der Waals surface area contributed by atoms with Crippen LogP contribution in [0.25, 0.3) is 0 Å². The molecule has 1 saturated heterocycles. The highest BCUT2D eigenvalue weighted by molar-refractivity contribution is 5.42. The second-order valence-electron chi connectivity index (χ2n) is 8.60. The molecule has 0 aromatic heterocycles. The normalized spacial score (nSPS) is 23.1. The molecule has 1 aliphatic heterocycles. The van der Waals surface area contributed by atoms with Crippen molar-refractivity contribution >= 4 is 0 Å². The number of hydrogen-bond donors (Lipinski definition) is 1. The summed E-state index contributed by atoms with van der Waals surface area (Å²) in [5.41, 5.74) is 2.00. The lowest BCUT2D eigenvalue weighted by Crippen LogP contribution is -2.47. The van der Waals surface area contributed by atoms with Crippen molar-refractivity contribution < 1.29 is 5.11 Å². The molecule has 3 aromatic rings. The van der Waals surface area contributed by atoms with Crippen LogP contribution in [-0.2, 0) is 5.60 Å². The first-order valence-corrected chi connectivity index (χ1v) is 10.9. The number of likely N-dealkylation sites (tertiary alicyclic amines) is 1. The van der Waals surface area contributed by atoms with Gasteiger partial charge in [-0.05, 0) is 48.4 Å². The molecule has 5 rings (SSSR count). The highest BCUT2D eigenvalue weighted by atomic mass is 16.3. The average Bonchev–Trinajstić information content (AvgIpc) is 3.41. The van der Waals surface area contributed by atoms with E-state index in [1.54, 1.807) is 0 Å². The van der Waals surface area contributed by atoms with Gasteiger partial charge in [0.25, 0.3) is 0 Å². The van der Waals surface area contributed by atoms with Gasteiger partial charge in [0.05, 0.1) is 6.04 Å². The molecule has 2 fully saturated rings. The molecule has 3 atom stereocenters. The quantitative estimate of drug-likeness (QED) is 0.625. The summed E-state index contributed by atoms with van der Waals surface area (Å²) in [7, 11) is 0. The third-order valence-electron chi connectivity index (χ3n) is 7.07. The minimum atomic E-state index is -1.11. The predicted molar refractivity (Wildman–Crippen MR) is 118 cm³/mol. The zero-order chi connectivity index (χ0) is 19.7. The zero-order valence-electron chi connectivity index (χ0n) is 16.8. The molecule has 2 aliphatic rings. The van der Waals surface area contributed by atoms with Crippen molar-refractivity contribution in [1.29, 1.82) is 0 Å². The molecule has 1 saturated carbocycles. The van der Waals surface area contributed by atoms with E-state index in [0.29, 0.717) is 6.04 Å². The fourth-order valence-electron chi connectivity index (χ4n) is 5.77. The van der Waals surface area contributed by atoms with E-state index in [0.717, 1.165) is 23.6 Å². The van der Waals surface area contributed by atoms with Crippen molar-refractivity contribution in [1.82, 2.24) is 4.90 Å². The largest absolute Gasteiger partial charge is 0.378 e. The van der Waals surface area contributed by atoms with Crippen LogP contribution >= 0.6 is 0 Å². The Bertz CT molecular complexity index is 885. The fourth-order valence-corrected chi connectivity index (χ4v) is 5.77. The molecule has 0 bridgehead atoms. The minimum absolute atomic E-state index is 0.110. The van der Waals surface area contributed by atoms with Crippen LogP contribution in [0.2, 0.25) is 0 Å². The van der Waals surface area contributed by atoms with Gasteiger partial charge >= 0.3 is 0 Å². The second kappa shape index (κ2) is 7.78. The Balaban J connectivity index is 1.71. The summed E-state index contributed by atoms with van der Waals surface area (Å²) in [6.07, 6.45) is 5.13. The molecule has 0 spiro atoms. The highest BCUT2D eigenvalue weighted by Crippen LogP contribution is 2.50. The monoisotopic (exact) mass is 383 g/mol. The molecule has 148 valence electrons. The van der Waals surface area contributed by atoms with Crippen molar-refractivity contribution in [3.63, 3.8) is 0 Å². The van der Waals surface area contributed by atoms with Gasteiger partial charge in [-0.1, -0.05) is 97.4 Å². The summed E-state index contributed by atoms with van der Waals surface area (Å²) < 4.78 is 0. The molecule has 1 aliphatic carbocycles. The zero-order valence-corrected chi connectivity index (χ0v) is 16.8. The minimum Gasteiger partial charge on any atom is -0.378 e. The van der Waals surface area contributed by atoms with Gasteiger partial charge in [-0.15, -0.1) is 0 Å². The Morgan fingerprint density at radius 3 is 1.86 bits per heavy atom. The molecule has 0 amide bonds. The lowest BCUT2D eigenvalue weighted by atomic mass is 9.76. The van der Waals surface area contributed by atoms with Crippen molar-refractivity contribution in [2.75, 3.05) is 6.54 Å². The Labute approximate surface area is 173 Å². The number of benzene rings is 3. The van der Waals surface area contributed by atoms with E-state index in [9.17, 15) is 5.11 Å². The van der Waals surface area contributed by atoms with Gasteiger partial charge in [-0.3, -0.25) is 4.90 Å². The highest BCUT2D eigenvalue weighted by Gasteiger charge is 2.50. The Morgan fingerprint density at radius 2 is 1.28 bits per heavy atom. The van der Waals surface area contributed by atoms with E-state index >= 15 is 0 Å². The molecule has 29 heavy (non-hydrogen) atoms. The van der Waals surface area contributed by atoms with Crippen LogP contribution in [0.5, 0.6) is 0 Å². The van der Waals surface area contributed by atoms with Crippen LogP contribution in [-0.4, -0.2) is 22.6 Å². The average molecular weight is 384 g/mol. The van der Waals surface area contributed by atoms with Gasteiger partial charge < -0.3 is 5.11 Å². The van der Waals surface area contributed by atoms with Gasteiger partial charge in [0.1, 0.15) is 5.60 Å². The number of hydrogen-bond acceptors (Lipinski definition) is 2. The SMILES string of the molecule is OC(c1ccccc1)(c1ccccc1)[C@@H](c1ccccc1)N1CC[C@H]2CCC[C@H]21. The molecule has 1 N–H and O–H groups in total. The fraction of sp³-hybridized carbons (Fsp3) is 0.333. The van der Waals surface area contributed by atoms with Gasteiger partial charge in [0.2, 0.25) is 0 Å². The van der Waals surface area contributed by atoms with E-state index in [1.807, 2.05) is 36.4 Å². The summed E-state index contributed by atoms with van der Waals surface area (Å²) in [6, 6.07) is 31.6. The Hall–Kier alpha value is -2.42. The summed E-state index contributed by atoms with van der Waals surface area (Å²) in [5.74, 6) is 0.775.